The van der Waals surface area contributed by atoms with Crippen molar-refractivity contribution in [1.29, 1.82) is 0 Å². The summed E-state index contributed by atoms with van der Waals surface area (Å²) < 4.78 is 0. The van der Waals surface area contributed by atoms with Crippen LogP contribution in [0.2, 0.25) is 0 Å². The van der Waals surface area contributed by atoms with Crippen LogP contribution in [0, 0.1) is 0 Å². The third kappa shape index (κ3) is 4.85. The van der Waals surface area contributed by atoms with Gasteiger partial charge in [-0.05, 0) is 36.3 Å². The van der Waals surface area contributed by atoms with Crippen LogP contribution in [-0.4, -0.2) is 49.9 Å². The molecule has 26 heavy (non-hydrogen) atoms. The van der Waals surface area contributed by atoms with Crippen LogP contribution in [0.15, 0.2) is 54.6 Å². The molecule has 2 rings (SSSR count). The van der Waals surface area contributed by atoms with Gasteiger partial charge in [0.1, 0.15) is 6.04 Å². The molecule has 0 spiro atoms. The van der Waals surface area contributed by atoms with E-state index in [1.807, 2.05) is 56.4 Å². The van der Waals surface area contributed by atoms with Crippen LogP contribution in [0.5, 0.6) is 0 Å². The van der Waals surface area contributed by atoms with E-state index in [-0.39, 0.29) is 11.9 Å². The summed E-state index contributed by atoms with van der Waals surface area (Å²) in [7, 11) is 5.94. The molecular weight excluding hydrogens is 322 g/mol. The lowest BCUT2D eigenvalue weighted by Crippen LogP contribution is -2.41. The predicted octanol–water partition coefficient (Wildman–Crippen LogP) is 3.79. The number of rotatable bonds is 8. The fraction of sp³-hybridized carbons (Fsp3) is 0.409. The van der Waals surface area contributed by atoms with E-state index in [2.05, 4.69) is 47.9 Å². The van der Waals surface area contributed by atoms with Crippen molar-refractivity contribution in [3.8, 4) is 0 Å². The number of carbonyl (C=O) groups excluding carboxylic acids is 1. The van der Waals surface area contributed by atoms with Gasteiger partial charge in [-0.15, -0.1) is 0 Å². The largest absolute Gasteiger partial charge is 0.378 e. The van der Waals surface area contributed by atoms with E-state index in [9.17, 15) is 4.79 Å². The van der Waals surface area contributed by atoms with Gasteiger partial charge in [-0.3, -0.25) is 9.69 Å². The number of carbonyl (C=O) groups is 1. The highest BCUT2D eigenvalue weighted by molar-refractivity contribution is 5.83. The van der Waals surface area contributed by atoms with Crippen molar-refractivity contribution in [2.24, 2.45) is 0 Å². The maximum absolute atomic E-state index is 13.3. The van der Waals surface area contributed by atoms with Gasteiger partial charge in [0.05, 0.1) is 0 Å². The zero-order valence-corrected chi connectivity index (χ0v) is 16.6. The summed E-state index contributed by atoms with van der Waals surface area (Å²) in [6.07, 6.45) is 0. The zero-order chi connectivity index (χ0) is 19.1. The van der Waals surface area contributed by atoms with Crippen LogP contribution < -0.4 is 4.90 Å². The van der Waals surface area contributed by atoms with E-state index >= 15 is 0 Å². The van der Waals surface area contributed by atoms with Gasteiger partial charge in [-0.1, -0.05) is 56.3 Å². The Kier molecular flexibility index (Phi) is 7.22. The summed E-state index contributed by atoms with van der Waals surface area (Å²) in [6.45, 7) is 6.50. The highest BCUT2D eigenvalue weighted by Crippen LogP contribution is 2.23. The van der Waals surface area contributed by atoms with E-state index in [0.29, 0.717) is 6.54 Å². The van der Waals surface area contributed by atoms with Crippen LogP contribution in [0.3, 0.4) is 0 Å². The Morgan fingerprint density at radius 2 is 1.46 bits per heavy atom. The molecule has 0 fully saturated rings. The molecule has 0 heterocycles. The van der Waals surface area contributed by atoms with Crippen molar-refractivity contribution in [2.45, 2.75) is 26.4 Å². The van der Waals surface area contributed by atoms with Crippen LogP contribution >= 0.6 is 0 Å². The fourth-order valence-electron chi connectivity index (χ4n) is 3.19. The Hall–Kier alpha value is -2.33. The molecule has 0 aliphatic heterocycles. The number of nitrogens with zero attached hydrogens (tertiary/aromatic N) is 3. The third-order valence-corrected chi connectivity index (χ3v) is 4.78. The summed E-state index contributed by atoms with van der Waals surface area (Å²) in [6, 6.07) is 18.2. The molecule has 0 radical (unpaired) electrons. The average Bonchev–Trinajstić information content (AvgIpc) is 2.66. The van der Waals surface area contributed by atoms with Gasteiger partial charge >= 0.3 is 0 Å². The normalized spacial score (nSPS) is 12.1. The second kappa shape index (κ2) is 9.39. The minimum Gasteiger partial charge on any atom is -0.378 e. The zero-order valence-electron chi connectivity index (χ0n) is 16.6. The van der Waals surface area contributed by atoms with Gasteiger partial charge in [0, 0.05) is 33.4 Å². The van der Waals surface area contributed by atoms with Crippen molar-refractivity contribution in [3.63, 3.8) is 0 Å². The summed E-state index contributed by atoms with van der Waals surface area (Å²) in [5.74, 6) is 0.136. The topological polar surface area (TPSA) is 26.8 Å². The van der Waals surface area contributed by atoms with E-state index in [1.165, 1.54) is 0 Å². The predicted molar refractivity (Wildman–Crippen MR) is 109 cm³/mol. The van der Waals surface area contributed by atoms with Crippen molar-refractivity contribution in [3.05, 3.63) is 65.7 Å². The standard InChI is InChI=1S/C22H31N3O/c1-6-25(7-2)21(19-11-9-8-10-12-19)22(26)24(5)17-18-13-15-20(16-14-18)23(3)4/h8-16,21H,6-7,17H2,1-5H3. The van der Waals surface area contributed by atoms with Crippen molar-refractivity contribution < 1.29 is 4.79 Å². The first-order valence-corrected chi connectivity index (χ1v) is 9.28. The quantitative estimate of drug-likeness (QED) is 0.722. The monoisotopic (exact) mass is 353 g/mol. The summed E-state index contributed by atoms with van der Waals surface area (Å²) in [5.41, 5.74) is 3.35. The summed E-state index contributed by atoms with van der Waals surface area (Å²) >= 11 is 0. The minimum atomic E-state index is -0.239. The molecule has 4 heteroatoms. The average molecular weight is 354 g/mol. The lowest BCUT2D eigenvalue weighted by molar-refractivity contribution is -0.136. The van der Waals surface area contributed by atoms with Crippen LogP contribution in [0.4, 0.5) is 5.69 Å². The third-order valence-electron chi connectivity index (χ3n) is 4.78. The van der Waals surface area contributed by atoms with Gasteiger partial charge in [-0.2, -0.15) is 0 Å². The number of likely N-dealkylation sites (N-methyl/N-ethyl adjacent to an activating group) is 2. The van der Waals surface area contributed by atoms with Gasteiger partial charge in [0.25, 0.3) is 0 Å². The van der Waals surface area contributed by atoms with E-state index in [1.54, 1.807) is 0 Å². The smallest absolute Gasteiger partial charge is 0.244 e. The second-order valence-corrected chi connectivity index (χ2v) is 6.79. The number of anilines is 1. The number of hydrogen-bond donors (Lipinski definition) is 0. The maximum Gasteiger partial charge on any atom is 0.244 e. The van der Waals surface area contributed by atoms with Crippen LogP contribution in [0.25, 0.3) is 0 Å². The molecule has 0 saturated heterocycles. The molecule has 1 amide bonds. The molecule has 2 aromatic carbocycles. The van der Waals surface area contributed by atoms with Gasteiger partial charge in [-0.25, -0.2) is 0 Å². The molecule has 0 saturated carbocycles. The Bertz CT molecular complexity index is 678. The molecule has 0 bridgehead atoms. The van der Waals surface area contributed by atoms with Crippen molar-refractivity contribution in [2.75, 3.05) is 39.1 Å². The number of benzene rings is 2. The molecule has 0 aliphatic carbocycles. The molecule has 0 aromatic heterocycles. The van der Waals surface area contributed by atoms with E-state index in [4.69, 9.17) is 0 Å². The Labute approximate surface area is 158 Å². The van der Waals surface area contributed by atoms with Gasteiger partial charge in [0.15, 0.2) is 0 Å². The first-order valence-electron chi connectivity index (χ1n) is 9.28. The molecule has 140 valence electrons. The van der Waals surface area contributed by atoms with Crippen molar-refractivity contribution >= 4 is 11.6 Å². The molecule has 0 N–H and O–H groups in total. The van der Waals surface area contributed by atoms with Crippen LogP contribution in [0.1, 0.15) is 31.0 Å². The Balaban J connectivity index is 2.18. The molecule has 2 aromatic rings. The number of amides is 1. The SMILES string of the molecule is CCN(CC)C(C(=O)N(C)Cc1ccc(N(C)C)cc1)c1ccccc1. The maximum atomic E-state index is 13.3. The van der Waals surface area contributed by atoms with Gasteiger partial charge < -0.3 is 9.80 Å². The minimum absolute atomic E-state index is 0.136. The molecule has 1 unspecified atom stereocenters. The first-order chi connectivity index (χ1) is 12.5. The van der Waals surface area contributed by atoms with E-state index in [0.717, 1.165) is 29.9 Å². The number of hydrogen-bond acceptors (Lipinski definition) is 3. The fourth-order valence-corrected chi connectivity index (χ4v) is 3.19. The van der Waals surface area contributed by atoms with Gasteiger partial charge in [0.2, 0.25) is 5.91 Å². The highest BCUT2D eigenvalue weighted by Gasteiger charge is 2.28. The molecular formula is C22H31N3O. The second-order valence-electron chi connectivity index (χ2n) is 6.79. The molecule has 0 aliphatic rings. The van der Waals surface area contributed by atoms with Crippen LogP contribution in [-0.2, 0) is 11.3 Å². The Morgan fingerprint density at radius 1 is 0.885 bits per heavy atom. The summed E-state index contributed by atoms with van der Waals surface area (Å²) in [5, 5.41) is 0. The molecule has 4 nitrogen and oxygen atoms in total. The highest BCUT2D eigenvalue weighted by atomic mass is 16.2. The van der Waals surface area contributed by atoms with Crippen molar-refractivity contribution in [1.82, 2.24) is 9.80 Å². The lowest BCUT2D eigenvalue weighted by Gasteiger charge is -2.32. The molecule has 1 atom stereocenters. The Morgan fingerprint density at radius 3 is 1.96 bits per heavy atom. The van der Waals surface area contributed by atoms with E-state index < -0.39 is 0 Å². The lowest BCUT2D eigenvalue weighted by atomic mass is 10.0. The summed E-state index contributed by atoms with van der Waals surface area (Å²) in [4.78, 5) is 19.4. The first kappa shape index (κ1) is 20.0.